The maximum absolute atomic E-state index is 13.0. The Hall–Kier alpha value is -2.64. The van der Waals surface area contributed by atoms with Crippen molar-refractivity contribution in [2.24, 2.45) is 0 Å². The summed E-state index contributed by atoms with van der Waals surface area (Å²) in [5, 5.41) is 8.37. The Balaban J connectivity index is 1.72. The fourth-order valence-electron chi connectivity index (χ4n) is 3.07. The van der Waals surface area contributed by atoms with Crippen molar-refractivity contribution in [1.29, 1.82) is 0 Å². The first kappa shape index (κ1) is 18.7. The molecule has 1 amide bonds. The molecule has 8 heteroatoms. The zero-order valence-electron chi connectivity index (χ0n) is 15.4. The maximum atomic E-state index is 13.0. The van der Waals surface area contributed by atoms with E-state index in [4.69, 9.17) is 26.2 Å². The zero-order chi connectivity index (χ0) is 19.7. The molecule has 2 aromatic carbocycles. The van der Waals surface area contributed by atoms with Crippen molar-refractivity contribution in [2.75, 3.05) is 19.5 Å². The van der Waals surface area contributed by atoms with Gasteiger partial charge < -0.3 is 14.8 Å². The van der Waals surface area contributed by atoms with Crippen LogP contribution in [0.5, 0.6) is 11.5 Å². The molecule has 4 rings (SSSR count). The Bertz CT molecular complexity index is 1030. The van der Waals surface area contributed by atoms with Crippen LogP contribution in [0.2, 0.25) is 5.02 Å². The molecule has 1 aliphatic rings. The number of nitrogens with zero attached hydrogens (tertiary/aromatic N) is 2. The summed E-state index contributed by atoms with van der Waals surface area (Å²) in [6.07, 6.45) is 0. The number of carbonyl (C=O) groups excluding carboxylic acids is 1. The number of hydrogen-bond acceptors (Lipinski definition) is 5. The number of fused-ring (bicyclic) bond motifs is 1. The Labute approximate surface area is 171 Å². The Morgan fingerprint density at radius 3 is 2.64 bits per heavy atom. The summed E-state index contributed by atoms with van der Waals surface area (Å²) in [4.78, 5) is 13.0. The van der Waals surface area contributed by atoms with Gasteiger partial charge in [0, 0.05) is 28.2 Å². The lowest BCUT2D eigenvalue weighted by Crippen LogP contribution is -2.17. The molecule has 0 unspecified atom stereocenters. The van der Waals surface area contributed by atoms with E-state index >= 15 is 0 Å². The van der Waals surface area contributed by atoms with Crippen LogP contribution >= 0.6 is 23.4 Å². The maximum Gasteiger partial charge on any atom is 0.260 e. The smallest absolute Gasteiger partial charge is 0.260 e. The van der Waals surface area contributed by atoms with Gasteiger partial charge in [0.15, 0.2) is 0 Å². The third kappa shape index (κ3) is 3.43. The molecule has 0 saturated heterocycles. The van der Waals surface area contributed by atoms with Gasteiger partial charge in [0.2, 0.25) is 0 Å². The second kappa shape index (κ2) is 7.77. The number of rotatable bonds is 5. The first-order valence-corrected chi connectivity index (χ1v) is 10.1. The van der Waals surface area contributed by atoms with Crippen LogP contribution in [0.25, 0.3) is 5.69 Å². The predicted molar refractivity (Wildman–Crippen MR) is 111 cm³/mol. The topological polar surface area (TPSA) is 65.4 Å². The van der Waals surface area contributed by atoms with Crippen LogP contribution < -0.4 is 14.8 Å². The Kier molecular flexibility index (Phi) is 5.19. The molecule has 0 aliphatic carbocycles. The van der Waals surface area contributed by atoms with Crippen LogP contribution in [0.1, 0.15) is 21.6 Å². The summed E-state index contributed by atoms with van der Waals surface area (Å²) in [5.41, 5.74) is 3.28. The third-order valence-electron chi connectivity index (χ3n) is 4.51. The van der Waals surface area contributed by atoms with Crippen LogP contribution in [0.4, 0.5) is 5.82 Å². The molecule has 1 aromatic heterocycles. The molecule has 0 radical (unpaired) electrons. The van der Waals surface area contributed by atoms with Gasteiger partial charge in [-0.1, -0.05) is 11.6 Å². The van der Waals surface area contributed by atoms with E-state index in [2.05, 4.69) is 5.32 Å². The van der Waals surface area contributed by atoms with Crippen LogP contribution in [-0.4, -0.2) is 29.9 Å². The van der Waals surface area contributed by atoms with E-state index in [9.17, 15) is 4.79 Å². The Morgan fingerprint density at radius 1 is 1.14 bits per heavy atom. The van der Waals surface area contributed by atoms with Crippen LogP contribution in [-0.2, 0) is 11.5 Å². The highest BCUT2D eigenvalue weighted by Crippen LogP contribution is 2.37. The van der Waals surface area contributed by atoms with Gasteiger partial charge in [-0.2, -0.15) is 16.9 Å². The number of thioether (sulfide) groups is 1. The lowest BCUT2D eigenvalue weighted by atomic mass is 10.1. The highest BCUT2D eigenvalue weighted by molar-refractivity contribution is 7.98. The largest absolute Gasteiger partial charge is 0.497 e. The van der Waals surface area contributed by atoms with Crippen molar-refractivity contribution in [1.82, 2.24) is 9.78 Å². The van der Waals surface area contributed by atoms with Crippen molar-refractivity contribution in [3.05, 3.63) is 64.3 Å². The molecule has 0 bridgehead atoms. The van der Waals surface area contributed by atoms with E-state index in [1.54, 1.807) is 53.9 Å². The van der Waals surface area contributed by atoms with Crippen molar-refractivity contribution in [3.63, 3.8) is 0 Å². The van der Waals surface area contributed by atoms with E-state index in [1.165, 1.54) is 7.11 Å². The van der Waals surface area contributed by atoms with Gasteiger partial charge in [-0.3, -0.25) is 4.79 Å². The van der Waals surface area contributed by atoms with Gasteiger partial charge in [-0.25, -0.2) is 4.68 Å². The molecule has 1 aliphatic heterocycles. The predicted octanol–water partition coefficient (Wildman–Crippen LogP) is 4.54. The van der Waals surface area contributed by atoms with E-state index in [1.807, 2.05) is 12.1 Å². The number of hydrogen-bond donors (Lipinski definition) is 1. The fraction of sp³-hybridized carbons (Fsp3) is 0.200. The molecule has 3 aromatic rings. The normalized spacial score (nSPS) is 12.5. The molecule has 0 saturated carbocycles. The average Bonchev–Trinajstić information content (AvgIpc) is 3.30. The van der Waals surface area contributed by atoms with E-state index in [0.29, 0.717) is 27.9 Å². The standard InChI is InChI=1S/C20H18ClN3O3S/c1-26-14-7-8-15(18(9-14)27-2)20(25)22-19-16-10-28-11-17(16)23-24(19)13-5-3-12(21)4-6-13/h3-9H,10-11H2,1-2H3,(H,22,25). The number of nitrogens with one attached hydrogen (secondary N) is 1. The lowest BCUT2D eigenvalue weighted by molar-refractivity contribution is 0.102. The van der Waals surface area contributed by atoms with Gasteiger partial charge in [0.1, 0.15) is 17.3 Å². The highest BCUT2D eigenvalue weighted by atomic mass is 35.5. The first-order chi connectivity index (χ1) is 13.6. The number of benzene rings is 2. The number of ether oxygens (including phenoxy) is 2. The average molecular weight is 416 g/mol. The molecule has 28 heavy (non-hydrogen) atoms. The third-order valence-corrected chi connectivity index (χ3v) is 5.73. The summed E-state index contributed by atoms with van der Waals surface area (Å²) in [5.74, 6) is 3.10. The lowest BCUT2D eigenvalue weighted by Gasteiger charge is -2.13. The summed E-state index contributed by atoms with van der Waals surface area (Å²) in [7, 11) is 3.10. The van der Waals surface area contributed by atoms with Gasteiger partial charge >= 0.3 is 0 Å². The van der Waals surface area contributed by atoms with Crippen molar-refractivity contribution in [2.45, 2.75) is 11.5 Å². The van der Waals surface area contributed by atoms with Gasteiger partial charge in [-0.15, -0.1) is 0 Å². The van der Waals surface area contributed by atoms with E-state index < -0.39 is 0 Å². The highest BCUT2D eigenvalue weighted by Gasteiger charge is 2.26. The Morgan fingerprint density at radius 2 is 1.93 bits per heavy atom. The number of aromatic nitrogens is 2. The fourth-order valence-corrected chi connectivity index (χ4v) is 4.23. The molecule has 0 spiro atoms. The zero-order valence-corrected chi connectivity index (χ0v) is 16.9. The summed E-state index contributed by atoms with van der Waals surface area (Å²) in [6, 6.07) is 12.5. The molecular weight excluding hydrogens is 398 g/mol. The quantitative estimate of drug-likeness (QED) is 0.662. The molecule has 2 heterocycles. The SMILES string of the molecule is COc1ccc(C(=O)Nc2c3c(nn2-c2ccc(Cl)cc2)CSC3)c(OC)c1. The number of amides is 1. The minimum Gasteiger partial charge on any atom is -0.497 e. The first-order valence-electron chi connectivity index (χ1n) is 8.58. The van der Waals surface area contributed by atoms with Crippen LogP contribution in [0.15, 0.2) is 42.5 Å². The minimum atomic E-state index is -0.269. The van der Waals surface area contributed by atoms with E-state index in [-0.39, 0.29) is 5.91 Å². The number of carbonyl (C=O) groups is 1. The molecular formula is C20H18ClN3O3S. The van der Waals surface area contributed by atoms with Gasteiger partial charge in [-0.05, 0) is 36.4 Å². The summed E-state index contributed by atoms with van der Waals surface area (Å²) < 4.78 is 12.3. The second-order valence-electron chi connectivity index (χ2n) is 6.18. The summed E-state index contributed by atoms with van der Waals surface area (Å²) in [6.45, 7) is 0. The van der Waals surface area contributed by atoms with Gasteiger partial charge in [0.25, 0.3) is 5.91 Å². The number of anilines is 1. The summed E-state index contributed by atoms with van der Waals surface area (Å²) >= 11 is 7.79. The molecule has 0 fully saturated rings. The van der Waals surface area contributed by atoms with Crippen LogP contribution in [0, 0.1) is 0 Å². The van der Waals surface area contributed by atoms with Gasteiger partial charge in [0.05, 0.1) is 31.2 Å². The molecule has 0 atom stereocenters. The minimum absolute atomic E-state index is 0.269. The van der Waals surface area contributed by atoms with Crippen molar-refractivity contribution >= 4 is 35.1 Å². The van der Waals surface area contributed by atoms with E-state index in [0.717, 1.165) is 28.5 Å². The second-order valence-corrected chi connectivity index (χ2v) is 7.60. The number of methoxy groups -OCH3 is 2. The molecule has 1 N–H and O–H groups in total. The van der Waals surface area contributed by atoms with Crippen molar-refractivity contribution in [3.8, 4) is 17.2 Å². The monoisotopic (exact) mass is 415 g/mol. The molecule has 6 nitrogen and oxygen atoms in total. The number of halogens is 1. The van der Waals surface area contributed by atoms with Crippen molar-refractivity contribution < 1.29 is 14.3 Å². The van der Waals surface area contributed by atoms with Crippen LogP contribution in [0.3, 0.4) is 0 Å². The molecule has 144 valence electrons.